The van der Waals surface area contributed by atoms with Crippen molar-refractivity contribution in [2.75, 3.05) is 49.3 Å². The van der Waals surface area contributed by atoms with E-state index in [4.69, 9.17) is 48.7 Å². The second-order valence-electron chi connectivity index (χ2n) is 34.5. The zero-order valence-corrected chi connectivity index (χ0v) is 73.3. The van der Waals surface area contributed by atoms with Gasteiger partial charge in [0.2, 0.25) is 0 Å². The highest BCUT2D eigenvalue weighted by atomic mass is 32.2. The van der Waals surface area contributed by atoms with Gasteiger partial charge in [-0.25, -0.2) is 43.3 Å². The normalized spacial score (nSPS) is 29.0. The van der Waals surface area contributed by atoms with Crippen LogP contribution in [0.3, 0.4) is 0 Å². The van der Waals surface area contributed by atoms with E-state index in [1.54, 1.807) is 149 Å². The Morgan fingerprint density at radius 3 is 0.974 bits per heavy atom. The second-order valence-corrected chi connectivity index (χ2v) is 42.7. The second kappa shape index (κ2) is 41.8. The van der Waals surface area contributed by atoms with Crippen LogP contribution in [0.5, 0.6) is 0 Å². The van der Waals surface area contributed by atoms with Crippen LogP contribution in [0.1, 0.15) is 148 Å². The number of carbonyl (C=O) groups excluding carboxylic acids is 3. The predicted molar refractivity (Wildman–Crippen MR) is 445 cm³/mol. The Balaban J connectivity index is 0.000000217. The summed E-state index contributed by atoms with van der Waals surface area (Å²) < 4.78 is 151. The maximum absolute atomic E-state index is 13.1. The number of aliphatic hydroxyl groups is 3. The van der Waals surface area contributed by atoms with E-state index in [1.807, 2.05) is 96.9 Å². The lowest BCUT2D eigenvalue weighted by molar-refractivity contribution is -0.111. The van der Waals surface area contributed by atoms with Gasteiger partial charge >= 0.3 is 12.2 Å². The third kappa shape index (κ3) is 26.9. The van der Waals surface area contributed by atoms with Crippen LogP contribution in [0.25, 0.3) is 0 Å². The van der Waals surface area contributed by atoms with Crippen molar-refractivity contribution >= 4 is 57.8 Å². The molecule has 5 N–H and O–H groups in total. The topological polar surface area (TPSA) is 355 Å². The molecule has 2 amide bonds. The van der Waals surface area contributed by atoms with Crippen LogP contribution < -0.4 is 5.73 Å². The Labute approximate surface area is 690 Å². The third-order valence-corrected chi connectivity index (χ3v) is 29.9. The van der Waals surface area contributed by atoms with Crippen molar-refractivity contribution in [1.82, 2.24) is 9.80 Å². The highest BCUT2D eigenvalue weighted by molar-refractivity contribution is 7.92. The van der Waals surface area contributed by atoms with E-state index in [9.17, 15) is 58.3 Å². The summed E-state index contributed by atoms with van der Waals surface area (Å²) in [6.07, 6.45) is 4.74. The molecule has 29 heteroatoms. The van der Waals surface area contributed by atoms with Crippen LogP contribution in [-0.2, 0) is 82.0 Å². The molecule has 0 radical (unpaired) electrons. The standard InChI is InChI=1S/C26H39NO6S.C25H37NO7S.C18H27NO4S.C18H26O5S/c1-8-12-22-21(17-34(29,30)20-13-10-9-11-14-20)18(2)23(31-22)15-19-16-27(26(6,7)32-19)24(28)33-25(3,4)5;1-17-20(16-34(29,30)19-10-8-7-9-11-19)21(12-13-27)31-22(17)14-18-15-26(25(5,6)32-18)23(28)33-24(2,3)4;2*1-3-7-17-16(13(2)18(23-17)10-14(20)11-19)12-24(21,22)15-8-5-4-6-9-15/h8-11,13-14,18-19,21-23H,1,12,15-17H2,2-7H3;7-11,13,17-18,20-22H,12,14-16H2,1-6H3;3-6,8-9,13-14,16-18,20H,1,7,10-12,19H2,2H3;3-6,8-9,13-14,16-20H,1,7,10-12H2,2H3/t18-,19+,21-,22+,23-;17-,18+,20-,21+,22-;2*13-,14+,16-,17+,18-/m1111/s1. The minimum Gasteiger partial charge on any atom is -0.444 e. The number of aliphatic hydroxyl groups excluding tert-OH is 3. The Kier molecular flexibility index (Phi) is 34.9. The van der Waals surface area contributed by atoms with Gasteiger partial charge < -0.3 is 63.7 Å². The molecule has 6 heterocycles. The number of nitrogens with zero attached hydrogens (tertiary/aromatic N) is 2. The van der Waals surface area contributed by atoms with Gasteiger partial charge in [-0.1, -0.05) is 119 Å². The predicted octanol–water partition coefficient (Wildman–Crippen LogP) is 12.2. The van der Waals surface area contributed by atoms with Crippen molar-refractivity contribution in [3.05, 3.63) is 159 Å². The van der Waals surface area contributed by atoms with Crippen LogP contribution >= 0.6 is 0 Å². The average Bonchev–Trinajstić information content (AvgIpc) is 1.64. The van der Waals surface area contributed by atoms with Crippen LogP contribution in [0.4, 0.5) is 9.59 Å². The van der Waals surface area contributed by atoms with Crippen molar-refractivity contribution < 1.29 is 101 Å². The van der Waals surface area contributed by atoms with Gasteiger partial charge in [-0.2, -0.15) is 0 Å². The molecular weight excluding hydrogens is 1570 g/mol. The largest absolute Gasteiger partial charge is 0.444 e. The molecule has 648 valence electrons. The third-order valence-electron chi connectivity index (χ3n) is 22.6. The number of hydrogen-bond acceptors (Lipinski definition) is 23. The summed E-state index contributed by atoms with van der Waals surface area (Å²) in [5.41, 5.74) is 2.63. The van der Waals surface area contributed by atoms with Gasteiger partial charge in [0.25, 0.3) is 0 Å². The number of aldehydes is 1. The molecule has 6 aliphatic heterocycles. The summed E-state index contributed by atoms with van der Waals surface area (Å²) in [4.78, 5) is 41.1. The number of carbonyl (C=O) groups is 3. The molecule has 25 nitrogen and oxygen atoms in total. The molecule has 4 aromatic rings. The Morgan fingerprint density at radius 1 is 0.466 bits per heavy atom. The summed E-state index contributed by atoms with van der Waals surface area (Å²) in [7, 11) is -13.8. The summed E-state index contributed by atoms with van der Waals surface area (Å²) in [6, 6.07) is 33.8. The fourth-order valence-corrected chi connectivity index (χ4v) is 23.5. The first-order valence-electron chi connectivity index (χ1n) is 40.3. The zero-order chi connectivity index (χ0) is 86.1. The first-order chi connectivity index (χ1) is 54.2. The molecule has 0 unspecified atom stereocenters. The number of hydrogen-bond donors (Lipinski definition) is 4. The van der Waals surface area contributed by atoms with E-state index in [0.717, 1.165) is 6.29 Å². The first kappa shape index (κ1) is 96.8. The van der Waals surface area contributed by atoms with E-state index in [2.05, 4.69) is 19.7 Å². The molecular formula is C87H129N3O22S4. The van der Waals surface area contributed by atoms with Crippen LogP contribution in [0, 0.1) is 47.3 Å². The summed E-state index contributed by atoms with van der Waals surface area (Å²) in [5, 5.41) is 28.5. The maximum Gasteiger partial charge on any atom is 0.412 e. The Bertz CT molecular complexity index is 4010. The molecule has 0 aromatic heterocycles. The molecule has 4 aromatic carbocycles. The van der Waals surface area contributed by atoms with Crippen molar-refractivity contribution in [1.29, 1.82) is 0 Å². The summed E-state index contributed by atoms with van der Waals surface area (Å²) in [6.45, 7) is 38.1. The molecule has 0 bridgehead atoms. The fourth-order valence-electron chi connectivity index (χ4n) is 16.3. The number of amides is 2. The number of nitrogens with two attached hydrogens (primary N) is 1. The molecule has 6 fully saturated rings. The quantitative estimate of drug-likeness (QED) is 0.0278. The minimum atomic E-state index is -3.53. The SMILES string of the molecule is C=CC[C@@H]1O[C@H](C[C@H](O)CN)[C@H](C)[C@H]1CS(=O)(=O)c1ccccc1.C=CC[C@@H]1O[C@H](C[C@H](O)CO)[C@H](C)[C@H]1CS(=O)(=O)c1ccccc1.C=CC[C@@H]1O[C@H](C[C@H]2CN(C(=O)OC(C)(C)C)C(C)(C)O2)[C@H](C)[C@H]1CS(=O)(=O)c1ccccc1.C[C@@H]1[C@@H](CS(=O)(=O)c2ccccc2)[C@H](CC=O)O[C@@H]1C[C@H]1CN(C(=O)OC(C)(C)C)C(C)(C)O1. The van der Waals surface area contributed by atoms with Gasteiger partial charge in [-0.05, 0) is 161 Å². The summed E-state index contributed by atoms with van der Waals surface area (Å²) in [5.74, 6) is -0.939. The van der Waals surface area contributed by atoms with Gasteiger partial charge in [0.05, 0.1) is 136 Å². The van der Waals surface area contributed by atoms with Crippen LogP contribution in [0.15, 0.2) is 179 Å². The lowest BCUT2D eigenvalue weighted by Crippen LogP contribution is -2.46. The van der Waals surface area contributed by atoms with Gasteiger partial charge in [-0.3, -0.25) is 9.80 Å². The highest BCUT2D eigenvalue weighted by Crippen LogP contribution is 2.45. The molecule has 20 atom stereocenters. The molecule has 0 aliphatic carbocycles. The van der Waals surface area contributed by atoms with Gasteiger partial charge in [0.1, 0.15) is 28.9 Å². The molecule has 10 rings (SSSR count). The van der Waals surface area contributed by atoms with Gasteiger partial charge in [0.15, 0.2) is 39.3 Å². The van der Waals surface area contributed by atoms with E-state index < -0.39 is 92.5 Å². The lowest BCUT2D eigenvalue weighted by atomic mass is 9.87. The number of ether oxygens (including phenoxy) is 8. The number of rotatable bonds is 30. The average molecular weight is 1700 g/mol. The zero-order valence-electron chi connectivity index (χ0n) is 70.0. The molecule has 0 saturated carbocycles. The fraction of sp³-hybridized carbons (Fsp3) is 0.621. The van der Waals surface area contributed by atoms with E-state index >= 15 is 0 Å². The molecule has 116 heavy (non-hydrogen) atoms. The monoisotopic (exact) mass is 1700 g/mol. The van der Waals surface area contributed by atoms with E-state index in [0.29, 0.717) is 72.7 Å². The van der Waals surface area contributed by atoms with Crippen molar-refractivity contribution in [2.24, 2.45) is 53.1 Å². The Hall–Kier alpha value is -6.29. The minimum absolute atomic E-state index is 0.00239. The van der Waals surface area contributed by atoms with Crippen molar-refractivity contribution in [2.45, 2.75) is 264 Å². The van der Waals surface area contributed by atoms with Crippen molar-refractivity contribution in [3.8, 4) is 0 Å². The van der Waals surface area contributed by atoms with E-state index in [-0.39, 0.29) is 150 Å². The molecule has 6 aliphatic rings. The molecule has 0 spiro atoms. The summed E-state index contributed by atoms with van der Waals surface area (Å²) >= 11 is 0. The maximum atomic E-state index is 13.1. The highest BCUT2D eigenvalue weighted by Gasteiger charge is 2.52. The van der Waals surface area contributed by atoms with Crippen molar-refractivity contribution in [3.63, 3.8) is 0 Å². The first-order valence-corrected chi connectivity index (χ1v) is 46.9. The van der Waals surface area contributed by atoms with E-state index in [1.165, 1.54) is 0 Å². The Morgan fingerprint density at radius 2 is 0.724 bits per heavy atom. The lowest BCUT2D eigenvalue weighted by Gasteiger charge is -2.31. The van der Waals surface area contributed by atoms with Crippen LogP contribution in [0.2, 0.25) is 0 Å². The smallest absolute Gasteiger partial charge is 0.412 e. The number of benzene rings is 4. The van der Waals surface area contributed by atoms with Gasteiger partial charge in [0, 0.05) is 62.3 Å². The number of sulfone groups is 4. The van der Waals surface area contributed by atoms with Crippen LogP contribution in [-0.4, -0.2) is 222 Å². The molecule has 6 saturated heterocycles. The van der Waals surface area contributed by atoms with Gasteiger partial charge in [-0.15, -0.1) is 19.7 Å².